The largest absolute Gasteiger partial charge is 0.356 e. The van der Waals surface area contributed by atoms with Crippen molar-refractivity contribution in [3.8, 4) is 0 Å². The van der Waals surface area contributed by atoms with Gasteiger partial charge in [0.05, 0.1) is 11.8 Å². The number of piperidine rings is 1. The first-order valence-electron chi connectivity index (χ1n) is 9.65. The summed E-state index contributed by atoms with van der Waals surface area (Å²) in [6.45, 7) is 6.53. The molecule has 1 aromatic rings. The maximum absolute atomic E-state index is 12.6. The molecule has 25 heavy (non-hydrogen) atoms. The molecule has 4 nitrogen and oxygen atoms in total. The number of benzene rings is 1. The molecule has 4 heteroatoms. The highest BCUT2D eigenvalue weighted by atomic mass is 16.2. The summed E-state index contributed by atoms with van der Waals surface area (Å²) in [4.78, 5) is 26.7. The summed E-state index contributed by atoms with van der Waals surface area (Å²) in [5.41, 5.74) is 1.39. The number of nitrogens with one attached hydrogen (secondary N) is 1. The van der Waals surface area contributed by atoms with Gasteiger partial charge in [-0.3, -0.25) is 9.59 Å². The number of likely N-dealkylation sites (tertiary alicyclic amines) is 1. The third-order valence-electron chi connectivity index (χ3n) is 5.42. The minimum absolute atomic E-state index is 0.0611. The van der Waals surface area contributed by atoms with Crippen LogP contribution in [-0.2, 0) is 16.0 Å². The van der Waals surface area contributed by atoms with Crippen LogP contribution in [0.2, 0.25) is 0 Å². The third-order valence-corrected chi connectivity index (χ3v) is 5.42. The molecule has 2 aliphatic rings. The Hall–Kier alpha value is -1.84. The first-order chi connectivity index (χ1) is 12.0. The molecule has 0 radical (unpaired) electrons. The van der Waals surface area contributed by atoms with Crippen molar-refractivity contribution in [1.29, 1.82) is 0 Å². The number of rotatable bonds is 6. The zero-order valence-electron chi connectivity index (χ0n) is 15.4. The van der Waals surface area contributed by atoms with Gasteiger partial charge in [-0.1, -0.05) is 44.2 Å². The van der Waals surface area contributed by atoms with Crippen molar-refractivity contribution >= 4 is 11.8 Å². The average molecular weight is 342 g/mol. The van der Waals surface area contributed by atoms with Gasteiger partial charge < -0.3 is 10.2 Å². The SMILES string of the molecule is CC(C)CNC(=O)C1CC1C(=O)N1CCC(Cc2ccccc2)CC1. The van der Waals surface area contributed by atoms with Gasteiger partial charge in [0.1, 0.15) is 0 Å². The van der Waals surface area contributed by atoms with Crippen molar-refractivity contribution in [2.45, 2.75) is 39.5 Å². The maximum Gasteiger partial charge on any atom is 0.226 e. The normalized spacial score (nSPS) is 23.6. The topological polar surface area (TPSA) is 49.4 Å². The second-order valence-corrected chi connectivity index (χ2v) is 8.05. The average Bonchev–Trinajstić information content (AvgIpc) is 3.41. The zero-order chi connectivity index (χ0) is 17.8. The molecule has 1 saturated carbocycles. The Morgan fingerprint density at radius 1 is 1.12 bits per heavy atom. The van der Waals surface area contributed by atoms with E-state index in [1.165, 1.54) is 5.56 Å². The lowest BCUT2D eigenvalue weighted by Crippen LogP contribution is -2.40. The van der Waals surface area contributed by atoms with Gasteiger partial charge in [-0.05, 0) is 43.1 Å². The minimum Gasteiger partial charge on any atom is -0.356 e. The molecule has 1 aliphatic heterocycles. The fourth-order valence-corrected chi connectivity index (χ4v) is 3.73. The predicted molar refractivity (Wildman–Crippen MR) is 98.9 cm³/mol. The van der Waals surface area contributed by atoms with Crippen LogP contribution in [0.4, 0.5) is 0 Å². The summed E-state index contributed by atoms with van der Waals surface area (Å²) in [6, 6.07) is 10.6. The molecule has 2 amide bonds. The molecule has 0 bridgehead atoms. The molecule has 1 saturated heterocycles. The third kappa shape index (κ3) is 4.83. The van der Waals surface area contributed by atoms with Crippen LogP contribution in [-0.4, -0.2) is 36.3 Å². The zero-order valence-corrected chi connectivity index (χ0v) is 15.4. The molecule has 1 aromatic carbocycles. The van der Waals surface area contributed by atoms with Crippen LogP contribution in [0.1, 0.15) is 38.7 Å². The quantitative estimate of drug-likeness (QED) is 0.864. The Balaban J connectivity index is 1.41. The van der Waals surface area contributed by atoms with Gasteiger partial charge in [-0.25, -0.2) is 0 Å². The highest BCUT2D eigenvalue weighted by Crippen LogP contribution is 2.40. The molecular weight excluding hydrogens is 312 g/mol. The summed E-state index contributed by atoms with van der Waals surface area (Å²) in [5.74, 6) is 1.20. The first-order valence-corrected chi connectivity index (χ1v) is 9.65. The van der Waals surface area contributed by atoms with Crippen LogP contribution in [0.25, 0.3) is 0 Å². The van der Waals surface area contributed by atoms with E-state index in [1.54, 1.807) is 0 Å². The first kappa shape index (κ1) is 18.0. The molecular formula is C21H30N2O2. The van der Waals surface area contributed by atoms with Crippen molar-refractivity contribution in [2.24, 2.45) is 23.7 Å². The molecule has 0 aromatic heterocycles. The number of amides is 2. The van der Waals surface area contributed by atoms with E-state index >= 15 is 0 Å². The molecule has 1 aliphatic carbocycles. The molecule has 136 valence electrons. The number of carbonyl (C=O) groups excluding carboxylic acids is 2. The van der Waals surface area contributed by atoms with Gasteiger partial charge in [0, 0.05) is 19.6 Å². The summed E-state index contributed by atoms with van der Waals surface area (Å²) in [6.07, 6.45) is 3.97. The summed E-state index contributed by atoms with van der Waals surface area (Å²) < 4.78 is 0. The summed E-state index contributed by atoms with van der Waals surface area (Å²) >= 11 is 0. The van der Waals surface area contributed by atoms with Crippen molar-refractivity contribution < 1.29 is 9.59 Å². The van der Waals surface area contributed by atoms with Crippen LogP contribution in [0, 0.1) is 23.7 Å². The number of hydrogen-bond donors (Lipinski definition) is 1. The van der Waals surface area contributed by atoms with E-state index in [-0.39, 0.29) is 23.7 Å². The lowest BCUT2D eigenvalue weighted by atomic mass is 9.90. The maximum atomic E-state index is 12.6. The molecule has 1 N–H and O–H groups in total. The van der Waals surface area contributed by atoms with Crippen LogP contribution in [0.5, 0.6) is 0 Å². The monoisotopic (exact) mass is 342 g/mol. The van der Waals surface area contributed by atoms with Gasteiger partial charge in [0.25, 0.3) is 0 Å². The minimum atomic E-state index is -0.0895. The fraction of sp³-hybridized carbons (Fsp3) is 0.619. The lowest BCUT2D eigenvalue weighted by Gasteiger charge is -2.32. The van der Waals surface area contributed by atoms with Crippen LogP contribution in [0.15, 0.2) is 30.3 Å². The van der Waals surface area contributed by atoms with Crippen molar-refractivity contribution in [3.63, 3.8) is 0 Å². The number of nitrogens with zero attached hydrogens (tertiary/aromatic N) is 1. The van der Waals surface area contributed by atoms with Gasteiger partial charge in [-0.15, -0.1) is 0 Å². The summed E-state index contributed by atoms with van der Waals surface area (Å²) in [7, 11) is 0. The summed E-state index contributed by atoms with van der Waals surface area (Å²) in [5, 5.41) is 2.96. The Morgan fingerprint density at radius 3 is 2.44 bits per heavy atom. The molecule has 2 unspecified atom stereocenters. The Kier molecular flexibility index (Phi) is 5.77. The van der Waals surface area contributed by atoms with Gasteiger partial charge in [-0.2, -0.15) is 0 Å². The van der Waals surface area contributed by atoms with Crippen LogP contribution in [0.3, 0.4) is 0 Å². The molecule has 0 spiro atoms. The smallest absolute Gasteiger partial charge is 0.226 e. The van der Waals surface area contributed by atoms with Crippen LogP contribution < -0.4 is 5.32 Å². The number of hydrogen-bond acceptors (Lipinski definition) is 2. The molecule has 3 rings (SSSR count). The van der Waals surface area contributed by atoms with E-state index in [0.29, 0.717) is 18.4 Å². The van der Waals surface area contributed by atoms with Gasteiger partial charge >= 0.3 is 0 Å². The Morgan fingerprint density at radius 2 is 1.80 bits per heavy atom. The van der Waals surface area contributed by atoms with E-state index in [4.69, 9.17) is 0 Å². The highest BCUT2D eigenvalue weighted by molar-refractivity contribution is 5.92. The standard InChI is InChI=1S/C21H30N2O2/c1-15(2)14-22-20(24)18-13-19(18)21(25)23-10-8-17(9-11-23)12-16-6-4-3-5-7-16/h3-7,15,17-19H,8-14H2,1-2H3,(H,22,24). The van der Waals surface area contributed by atoms with Crippen molar-refractivity contribution in [3.05, 3.63) is 35.9 Å². The lowest BCUT2D eigenvalue weighted by molar-refractivity contribution is -0.136. The second-order valence-electron chi connectivity index (χ2n) is 8.05. The van der Waals surface area contributed by atoms with Crippen molar-refractivity contribution in [2.75, 3.05) is 19.6 Å². The molecule has 2 atom stereocenters. The van der Waals surface area contributed by atoms with E-state index in [0.717, 1.165) is 38.8 Å². The number of carbonyl (C=O) groups is 2. The van der Waals surface area contributed by atoms with E-state index < -0.39 is 0 Å². The Bertz CT molecular complexity index is 591. The van der Waals surface area contributed by atoms with Gasteiger partial charge in [0.2, 0.25) is 11.8 Å². The van der Waals surface area contributed by atoms with Crippen LogP contribution >= 0.6 is 0 Å². The molecule has 2 fully saturated rings. The van der Waals surface area contributed by atoms with E-state index in [2.05, 4.69) is 43.4 Å². The van der Waals surface area contributed by atoms with E-state index in [9.17, 15) is 9.59 Å². The fourth-order valence-electron chi connectivity index (χ4n) is 3.73. The molecule has 1 heterocycles. The van der Waals surface area contributed by atoms with Gasteiger partial charge in [0.15, 0.2) is 0 Å². The van der Waals surface area contributed by atoms with Crippen molar-refractivity contribution in [1.82, 2.24) is 10.2 Å². The predicted octanol–water partition coefficient (Wildman–Crippen LogP) is 2.88. The Labute approximate surface area is 151 Å². The highest BCUT2D eigenvalue weighted by Gasteiger charge is 2.49. The van der Waals surface area contributed by atoms with E-state index in [1.807, 2.05) is 11.0 Å². The second kappa shape index (κ2) is 8.03.